The number of aryl methyl sites for hydroxylation is 1. The first kappa shape index (κ1) is 23.0. The fourth-order valence-electron chi connectivity index (χ4n) is 2.39. The van der Waals surface area contributed by atoms with E-state index in [9.17, 15) is 13.2 Å². The van der Waals surface area contributed by atoms with Crippen LogP contribution in [0.2, 0.25) is 0 Å². The smallest absolute Gasteiger partial charge is 0.240 e. The summed E-state index contributed by atoms with van der Waals surface area (Å²) in [6, 6.07) is 13.5. The number of sulfonamides is 1. The second kappa shape index (κ2) is 10.3. The molecule has 1 amide bonds. The van der Waals surface area contributed by atoms with Gasteiger partial charge in [0.1, 0.15) is 0 Å². The predicted molar refractivity (Wildman–Crippen MR) is 112 cm³/mol. The van der Waals surface area contributed by atoms with Gasteiger partial charge in [0.05, 0.1) is 4.90 Å². The number of hydrogen-bond donors (Lipinski definition) is 3. The van der Waals surface area contributed by atoms with E-state index in [1.807, 2.05) is 25.1 Å². The SMILES string of the molecule is CCC(C)NS(=O)(=O)c1cccc(NC(=O)CCc2ccccc2N)c1.Cl. The van der Waals surface area contributed by atoms with Crippen molar-refractivity contribution in [3.05, 3.63) is 54.1 Å². The summed E-state index contributed by atoms with van der Waals surface area (Å²) in [4.78, 5) is 12.3. The third kappa shape index (κ3) is 6.86. The van der Waals surface area contributed by atoms with Crippen LogP contribution in [0, 0.1) is 0 Å². The number of rotatable bonds is 8. The van der Waals surface area contributed by atoms with E-state index in [1.165, 1.54) is 12.1 Å². The summed E-state index contributed by atoms with van der Waals surface area (Å²) >= 11 is 0. The Morgan fingerprint density at radius 3 is 2.52 bits per heavy atom. The van der Waals surface area contributed by atoms with E-state index in [0.717, 1.165) is 5.56 Å². The van der Waals surface area contributed by atoms with E-state index >= 15 is 0 Å². The Hall–Kier alpha value is -2.09. The lowest BCUT2D eigenvalue weighted by Gasteiger charge is -2.13. The summed E-state index contributed by atoms with van der Waals surface area (Å²) < 4.78 is 27.3. The molecule has 0 aromatic heterocycles. The third-order valence-electron chi connectivity index (χ3n) is 4.07. The second-order valence-corrected chi connectivity index (χ2v) is 7.92. The summed E-state index contributed by atoms with van der Waals surface area (Å²) in [5.41, 5.74) is 7.89. The highest BCUT2D eigenvalue weighted by atomic mass is 35.5. The lowest BCUT2D eigenvalue weighted by molar-refractivity contribution is -0.116. The van der Waals surface area contributed by atoms with Gasteiger partial charge in [-0.05, 0) is 49.6 Å². The molecular weight excluding hydrogens is 386 g/mol. The predicted octanol–water partition coefficient (Wildman–Crippen LogP) is 3.34. The summed E-state index contributed by atoms with van der Waals surface area (Å²) in [5, 5.41) is 2.74. The largest absolute Gasteiger partial charge is 0.399 e. The molecule has 0 spiro atoms. The van der Waals surface area contributed by atoms with Gasteiger partial charge in [0, 0.05) is 23.8 Å². The number of hydrogen-bond acceptors (Lipinski definition) is 4. The third-order valence-corrected chi connectivity index (χ3v) is 5.66. The minimum absolute atomic E-state index is 0. The maximum atomic E-state index is 12.3. The molecule has 0 radical (unpaired) electrons. The van der Waals surface area contributed by atoms with Gasteiger partial charge in [0.25, 0.3) is 0 Å². The van der Waals surface area contributed by atoms with Crippen molar-refractivity contribution in [1.82, 2.24) is 4.72 Å². The zero-order valence-electron chi connectivity index (χ0n) is 15.4. The molecule has 1 atom stereocenters. The first-order valence-corrected chi connectivity index (χ1v) is 10.1. The average molecular weight is 412 g/mol. The van der Waals surface area contributed by atoms with E-state index in [2.05, 4.69) is 10.0 Å². The highest BCUT2D eigenvalue weighted by Gasteiger charge is 2.17. The van der Waals surface area contributed by atoms with Crippen LogP contribution >= 0.6 is 12.4 Å². The van der Waals surface area contributed by atoms with Crippen molar-refractivity contribution >= 4 is 39.7 Å². The molecule has 0 aliphatic heterocycles. The Balaban J connectivity index is 0.00000364. The number of nitrogen functional groups attached to an aromatic ring is 1. The van der Waals surface area contributed by atoms with Gasteiger partial charge in [-0.2, -0.15) is 0 Å². The summed E-state index contributed by atoms with van der Waals surface area (Å²) in [7, 11) is -3.61. The van der Waals surface area contributed by atoms with E-state index < -0.39 is 10.0 Å². The molecule has 0 bridgehead atoms. The highest BCUT2D eigenvalue weighted by molar-refractivity contribution is 7.89. The zero-order valence-corrected chi connectivity index (χ0v) is 17.1. The molecule has 0 saturated carbocycles. The van der Waals surface area contributed by atoms with Crippen LogP contribution < -0.4 is 15.8 Å². The minimum Gasteiger partial charge on any atom is -0.399 e. The molecular formula is C19H26ClN3O3S. The molecule has 0 heterocycles. The molecule has 1 unspecified atom stereocenters. The Morgan fingerprint density at radius 2 is 1.85 bits per heavy atom. The fourth-order valence-corrected chi connectivity index (χ4v) is 3.76. The number of nitrogens with two attached hydrogens (primary N) is 1. The van der Waals surface area contributed by atoms with Crippen molar-refractivity contribution in [2.45, 2.75) is 44.0 Å². The molecule has 2 aromatic carbocycles. The van der Waals surface area contributed by atoms with Crippen LogP contribution in [-0.2, 0) is 21.2 Å². The van der Waals surface area contributed by atoms with E-state index in [1.54, 1.807) is 25.1 Å². The van der Waals surface area contributed by atoms with Crippen LogP contribution in [0.5, 0.6) is 0 Å². The van der Waals surface area contributed by atoms with Gasteiger partial charge in [0.15, 0.2) is 0 Å². The standard InChI is InChI=1S/C19H25N3O3S.ClH/c1-3-14(2)22-26(24,25)17-9-6-8-16(13-17)21-19(23)12-11-15-7-4-5-10-18(15)20;/h4-10,13-14,22H,3,11-12,20H2,1-2H3,(H,21,23);1H. The molecule has 2 rings (SSSR count). The summed E-state index contributed by atoms with van der Waals surface area (Å²) in [6.45, 7) is 3.71. The van der Waals surface area contributed by atoms with Crippen molar-refractivity contribution in [3.8, 4) is 0 Å². The summed E-state index contributed by atoms with van der Waals surface area (Å²) in [5.74, 6) is -0.197. The van der Waals surface area contributed by atoms with Crippen LogP contribution in [0.4, 0.5) is 11.4 Å². The monoisotopic (exact) mass is 411 g/mol. The van der Waals surface area contributed by atoms with Crippen LogP contribution in [0.1, 0.15) is 32.3 Å². The van der Waals surface area contributed by atoms with Crippen molar-refractivity contribution in [1.29, 1.82) is 0 Å². The number of benzene rings is 2. The van der Waals surface area contributed by atoms with E-state index in [-0.39, 0.29) is 35.7 Å². The minimum atomic E-state index is -3.61. The lowest BCUT2D eigenvalue weighted by Crippen LogP contribution is -2.32. The van der Waals surface area contributed by atoms with Gasteiger partial charge in [0.2, 0.25) is 15.9 Å². The molecule has 0 aliphatic rings. The second-order valence-electron chi connectivity index (χ2n) is 6.21. The van der Waals surface area contributed by atoms with Crippen molar-refractivity contribution in [2.24, 2.45) is 0 Å². The van der Waals surface area contributed by atoms with Gasteiger partial charge >= 0.3 is 0 Å². The maximum absolute atomic E-state index is 12.3. The van der Waals surface area contributed by atoms with Gasteiger partial charge < -0.3 is 11.1 Å². The van der Waals surface area contributed by atoms with Gasteiger partial charge in [-0.25, -0.2) is 13.1 Å². The molecule has 8 heteroatoms. The normalized spacial score (nSPS) is 12.1. The lowest BCUT2D eigenvalue weighted by atomic mass is 10.1. The Kier molecular flexibility index (Phi) is 8.75. The molecule has 27 heavy (non-hydrogen) atoms. The highest BCUT2D eigenvalue weighted by Crippen LogP contribution is 2.17. The van der Waals surface area contributed by atoms with Gasteiger partial charge in [-0.1, -0.05) is 31.2 Å². The topological polar surface area (TPSA) is 101 Å². The molecule has 0 aliphatic carbocycles. The number of para-hydroxylation sites is 1. The van der Waals surface area contributed by atoms with Crippen molar-refractivity contribution in [2.75, 3.05) is 11.1 Å². The maximum Gasteiger partial charge on any atom is 0.240 e. The average Bonchev–Trinajstić information content (AvgIpc) is 2.61. The molecule has 2 aromatic rings. The number of carbonyl (C=O) groups is 1. The van der Waals surface area contributed by atoms with E-state index in [0.29, 0.717) is 24.2 Å². The van der Waals surface area contributed by atoms with Crippen molar-refractivity contribution < 1.29 is 13.2 Å². The first-order valence-electron chi connectivity index (χ1n) is 8.57. The Bertz CT molecular complexity index is 872. The number of amides is 1. The number of anilines is 2. The number of halogens is 1. The number of nitrogens with one attached hydrogen (secondary N) is 2. The molecule has 0 fully saturated rings. The molecule has 0 saturated heterocycles. The van der Waals surface area contributed by atoms with Crippen molar-refractivity contribution in [3.63, 3.8) is 0 Å². The van der Waals surface area contributed by atoms with Gasteiger partial charge in [-0.15, -0.1) is 12.4 Å². The number of carbonyl (C=O) groups excluding carboxylic acids is 1. The van der Waals surface area contributed by atoms with Crippen LogP contribution in [0.3, 0.4) is 0 Å². The van der Waals surface area contributed by atoms with Crippen LogP contribution in [-0.4, -0.2) is 20.4 Å². The van der Waals surface area contributed by atoms with E-state index in [4.69, 9.17) is 5.73 Å². The first-order chi connectivity index (χ1) is 12.3. The molecule has 4 N–H and O–H groups in total. The Morgan fingerprint density at radius 1 is 1.15 bits per heavy atom. The van der Waals surface area contributed by atoms with Crippen LogP contribution in [0.25, 0.3) is 0 Å². The van der Waals surface area contributed by atoms with Gasteiger partial charge in [-0.3, -0.25) is 4.79 Å². The molecule has 148 valence electrons. The Labute approximate surface area is 167 Å². The quantitative estimate of drug-likeness (QED) is 0.580. The van der Waals surface area contributed by atoms with Crippen LogP contribution in [0.15, 0.2) is 53.4 Å². The fraction of sp³-hybridized carbons (Fsp3) is 0.316. The molecule has 6 nitrogen and oxygen atoms in total. The summed E-state index contributed by atoms with van der Waals surface area (Å²) in [6.07, 6.45) is 1.47. The zero-order chi connectivity index (χ0) is 19.2.